The highest BCUT2D eigenvalue weighted by Crippen LogP contribution is 2.31. The maximum absolute atomic E-state index is 5.87. The lowest BCUT2D eigenvalue weighted by Crippen LogP contribution is -2.47. The second-order valence-corrected chi connectivity index (χ2v) is 5.42. The fourth-order valence-corrected chi connectivity index (χ4v) is 3.31. The van der Waals surface area contributed by atoms with Gasteiger partial charge in [-0.1, -0.05) is 6.07 Å². The Morgan fingerprint density at radius 3 is 3.32 bits per heavy atom. The molecule has 1 saturated carbocycles. The zero-order chi connectivity index (χ0) is 13.1. The molecule has 1 saturated heterocycles. The van der Waals surface area contributed by atoms with Gasteiger partial charge in [-0.05, 0) is 32.3 Å². The minimum absolute atomic E-state index is 0.466. The number of aromatic nitrogens is 1. The van der Waals surface area contributed by atoms with E-state index in [1.54, 1.807) is 0 Å². The summed E-state index contributed by atoms with van der Waals surface area (Å²) in [6.45, 7) is 5.93. The van der Waals surface area contributed by atoms with Crippen molar-refractivity contribution < 1.29 is 4.74 Å². The van der Waals surface area contributed by atoms with Gasteiger partial charge in [0.25, 0.3) is 0 Å². The van der Waals surface area contributed by atoms with Gasteiger partial charge in [0.2, 0.25) is 0 Å². The van der Waals surface area contributed by atoms with Gasteiger partial charge in [0, 0.05) is 37.4 Å². The summed E-state index contributed by atoms with van der Waals surface area (Å²) in [5.74, 6) is 1.03. The zero-order valence-electron chi connectivity index (χ0n) is 11.6. The van der Waals surface area contributed by atoms with Crippen LogP contribution < -0.4 is 5.32 Å². The lowest BCUT2D eigenvalue weighted by atomic mass is 10.1. The molecule has 1 aliphatic carbocycles. The molecule has 0 aromatic carbocycles. The number of pyridine rings is 1. The van der Waals surface area contributed by atoms with Gasteiger partial charge >= 0.3 is 0 Å². The Kier molecular flexibility index (Phi) is 3.99. The van der Waals surface area contributed by atoms with E-state index in [0.29, 0.717) is 12.1 Å². The molecule has 1 aliphatic heterocycles. The molecule has 4 heteroatoms. The van der Waals surface area contributed by atoms with Gasteiger partial charge in [0.1, 0.15) is 5.82 Å². The normalized spacial score (nSPS) is 27.2. The van der Waals surface area contributed by atoms with E-state index in [1.807, 2.05) is 12.3 Å². The first-order valence-corrected chi connectivity index (χ1v) is 7.42. The molecule has 1 N–H and O–H groups in total. The van der Waals surface area contributed by atoms with Gasteiger partial charge < -0.3 is 10.1 Å². The molecule has 1 aromatic heterocycles. The molecule has 2 aliphatic rings. The van der Waals surface area contributed by atoms with Crippen molar-refractivity contribution in [2.24, 2.45) is 0 Å². The van der Waals surface area contributed by atoms with Crippen LogP contribution in [0.2, 0.25) is 0 Å². The monoisotopic (exact) mass is 261 g/mol. The molecule has 0 radical (unpaired) electrons. The lowest BCUT2D eigenvalue weighted by Gasteiger charge is -2.37. The van der Waals surface area contributed by atoms with Crippen LogP contribution in [0, 0.1) is 0 Å². The molecule has 3 rings (SSSR count). The van der Waals surface area contributed by atoms with E-state index >= 15 is 0 Å². The first kappa shape index (κ1) is 12.9. The van der Waals surface area contributed by atoms with Crippen LogP contribution in [0.1, 0.15) is 31.7 Å². The van der Waals surface area contributed by atoms with Crippen molar-refractivity contribution in [1.82, 2.24) is 9.88 Å². The Hall–Kier alpha value is -1.13. The summed E-state index contributed by atoms with van der Waals surface area (Å²) in [5.41, 5.74) is 1.30. The first-order chi connectivity index (χ1) is 9.38. The highest BCUT2D eigenvalue weighted by Gasteiger charge is 2.36. The van der Waals surface area contributed by atoms with Crippen LogP contribution in [0.4, 0.5) is 5.82 Å². The Morgan fingerprint density at radius 1 is 1.47 bits per heavy atom. The minimum Gasteiger partial charge on any atom is -0.375 e. The third kappa shape index (κ3) is 2.74. The molecule has 2 heterocycles. The number of hydrogen-bond acceptors (Lipinski definition) is 4. The van der Waals surface area contributed by atoms with Crippen LogP contribution in [0.5, 0.6) is 0 Å². The predicted octanol–water partition coefficient (Wildman–Crippen LogP) is 2.27. The third-order valence-electron chi connectivity index (χ3n) is 4.21. The summed E-state index contributed by atoms with van der Waals surface area (Å²) in [6.07, 6.45) is 6.14. The maximum atomic E-state index is 5.87. The predicted molar refractivity (Wildman–Crippen MR) is 76.2 cm³/mol. The number of ether oxygens (including phenoxy) is 1. The van der Waals surface area contributed by atoms with E-state index < -0.39 is 0 Å². The average molecular weight is 261 g/mol. The largest absolute Gasteiger partial charge is 0.375 e. The second kappa shape index (κ2) is 5.88. The summed E-state index contributed by atoms with van der Waals surface area (Å²) in [5, 5.41) is 3.36. The highest BCUT2D eigenvalue weighted by molar-refractivity contribution is 5.43. The van der Waals surface area contributed by atoms with Crippen molar-refractivity contribution in [2.45, 2.75) is 44.9 Å². The summed E-state index contributed by atoms with van der Waals surface area (Å²) >= 11 is 0. The molecule has 1 aromatic rings. The van der Waals surface area contributed by atoms with Crippen LogP contribution in [0.15, 0.2) is 18.3 Å². The van der Waals surface area contributed by atoms with Gasteiger partial charge in [-0.25, -0.2) is 4.98 Å². The Balaban J connectivity index is 1.73. The molecule has 0 bridgehead atoms. The van der Waals surface area contributed by atoms with Gasteiger partial charge in [-0.2, -0.15) is 0 Å². The van der Waals surface area contributed by atoms with Crippen LogP contribution >= 0.6 is 0 Å². The molecular formula is C15H23N3O. The topological polar surface area (TPSA) is 37.4 Å². The van der Waals surface area contributed by atoms with E-state index in [1.165, 1.54) is 24.8 Å². The van der Waals surface area contributed by atoms with Gasteiger partial charge in [-0.3, -0.25) is 4.90 Å². The van der Waals surface area contributed by atoms with Crippen LogP contribution in [0.25, 0.3) is 0 Å². The van der Waals surface area contributed by atoms with Crippen molar-refractivity contribution >= 4 is 5.82 Å². The Bertz CT molecular complexity index is 424. The summed E-state index contributed by atoms with van der Waals surface area (Å²) in [6, 6.07) is 4.83. The molecule has 2 atom stereocenters. The smallest absolute Gasteiger partial charge is 0.130 e. The summed E-state index contributed by atoms with van der Waals surface area (Å²) in [4.78, 5) is 7.03. The summed E-state index contributed by atoms with van der Waals surface area (Å²) in [7, 11) is 0. The van der Waals surface area contributed by atoms with E-state index in [4.69, 9.17) is 4.74 Å². The highest BCUT2D eigenvalue weighted by atomic mass is 16.5. The average Bonchev–Trinajstić information content (AvgIpc) is 2.91. The van der Waals surface area contributed by atoms with Crippen molar-refractivity contribution in [1.29, 1.82) is 0 Å². The SMILES string of the molecule is CCNc1ncccc1CN1CCOC2CCCC21. The fraction of sp³-hybridized carbons (Fsp3) is 0.667. The van der Waals surface area contributed by atoms with Gasteiger partial charge in [-0.15, -0.1) is 0 Å². The second-order valence-electron chi connectivity index (χ2n) is 5.42. The Morgan fingerprint density at radius 2 is 2.42 bits per heavy atom. The third-order valence-corrected chi connectivity index (χ3v) is 4.21. The number of anilines is 1. The van der Waals surface area contributed by atoms with E-state index in [0.717, 1.165) is 32.1 Å². The number of hydrogen-bond donors (Lipinski definition) is 1. The van der Waals surface area contributed by atoms with Crippen molar-refractivity contribution in [3.8, 4) is 0 Å². The number of rotatable bonds is 4. The molecule has 0 spiro atoms. The first-order valence-electron chi connectivity index (χ1n) is 7.42. The lowest BCUT2D eigenvalue weighted by molar-refractivity contribution is -0.0587. The molecule has 19 heavy (non-hydrogen) atoms. The van der Waals surface area contributed by atoms with Crippen molar-refractivity contribution in [3.63, 3.8) is 0 Å². The van der Waals surface area contributed by atoms with Crippen LogP contribution in [-0.2, 0) is 11.3 Å². The molecule has 2 fully saturated rings. The van der Waals surface area contributed by atoms with E-state index in [-0.39, 0.29) is 0 Å². The van der Waals surface area contributed by atoms with Gasteiger partial charge in [0.15, 0.2) is 0 Å². The quantitative estimate of drug-likeness (QED) is 0.902. The standard InChI is InChI=1S/C15H23N3O/c1-2-16-15-12(5-4-8-17-15)11-18-9-10-19-14-7-3-6-13(14)18/h4-5,8,13-14H,2-3,6-7,9-11H2,1H3,(H,16,17). The minimum atomic E-state index is 0.466. The zero-order valence-corrected chi connectivity index (χ0v) is 11.6. The molecule has 2 unspecified atom stereocenters. The maximum Gasteiger partial charge on any atom is 0.130 e. The molecule has 104 valence electrons. The van der Waals surface area contributed by atoms with E-state index in [9.17, 15) is 0 Å². The summed E-state index contributed by atoms with van der Waals surface area (Å²) < 4.78 is 5.87. The number of fused-ring (bicyclic) bond motifs is 1. The fourth-order valence-electron chi connectivity index (χ4n) is 3.31. The number of nitrogens with zero attached hydrogens (tertiary/aromatic N) is 2. The Labute approximate surface area is 115 Å². The van der Waals surface area contributed by atoms with Gasteiger partial charge in [0.05, 0.1) is 12.7 Å². The number of morpholine rings is 1. The van der Waals surface area contributed by atoms with Crippen LogP contribution in [0.3, 0.4) is 0 Å². The molecule has 0 amide bonds. The van der Waals surface area contributed by atoms with Crippen molar-refractivity contribution in [2.75, 3.05) is 25.0 Å². The van der Waals surface area contributed by atoms with E-state index in [2.05, 4.69) is 28.2 Å². The van der Waals surface area contributed by atoms with Crippen molar-refractivity contribution in [3.05, 3.63) is 23.9 Å². The van der Waals surface area contributed by atoms with Crippen LogP contribution in [-0.4, -0.2) is 41.7 Å². The molecule has 4 nitrogen and oxygen atoms in total. The molecular weight excluding hydrogens is 238 g/mol. The number of nitrogens with one attached hydrogen (secondary N) is 1.